The first-order valence-corrected chi connectivity index (χ1v) is 13.3. The van der Waals surface area contributed by atoms with Crippen LogP contribution in [0.5, 0.6) is 0 Å². The van der Waals surface area contributed by atoms with Gasteiger partial charge in [-0.2, -0.15) is 0 Å². The molecule has 0 saturated heterocycles. The molecule has 0 bridgehead atoms. The van der Waals surface area contributed by atoms with Crippen molar-refractivity contribution in [1.82, 2.24) is 15.4 Å². The number of rotatable bonds is 11. The number of ether oxygens (including phenoxy) is 1. The van der Waals surface area contributed by atoms with Gasteiger partial charge in [0, 0.05) is 50.1 Å². The van der Waals surface area contributed by atoms with Gasteiger partial charge in [0.25, 0.3) is 11.5 Å². The number of sulfone groups is 1. The fourth-order valence-electron chi connectivity index (χ4n) is 3.91. The standard InChI is InChI=1S/C25H29F2N3O6S.ClH/c1-25(24(32)29-33,37(3,34)35)8-10-30-15-22(27)20-13-17(5-7-19(20)23(30)31)18-6-4-16(12-21(18)26)14-28-9-11-36-2;/h4-7,12-13,15,28,33H,8-11,14H2,1-3H3,(H,29,32);1H. The minimum absolute atomic E-state index is 0. The number of hydrogen-bond donors (Lipinski definition) is 3. The zero-order valence-corrected chi connectivity index (χ0v) is 22.7. The van der Waals surface area contributed by atoms with Crippen molar-refractivity contribution in [1.29, 1.82) is 0 Å². The quantitative estimate of drug-likeness (QED) is 0.183. The van der Waals surface area contributed by atoms with E-state index in [1.807, 2.05) is 0 Å². The van der Waals surface area contributed by atoms with E-state index in [1.165, 1.54) is 29.7 Å². The average Bonchev–Trinajstić information content (AvgIpc) is 2.86. The van der Waals surface area contributed by atoms with Crippen molar-refractivity contribution in [3.8, 4) is 11.1 Å². The van der Waals surface area contributed by atoms with Gasteiger partial charge in [-0.3, -0.25) is 14.8 Å². The summed E-state index contributed by atoms with van der Waals surface area (Å²) in [6.45, 7) is 2.39. The Labute approximate surface area is 225 Å². The Morgan fingerprint density at radius 2 is 1.84 bits per heavy atom. The first kappa shape index (κ1) is 31.3. The van der Waals surface area contributed by atoms with E-state index in [0.717, 1.165) is 29.5 Å². The summed E-state index contributed by atoms with van der Waals surface area (Å²) in [5.74, 6) is -2.43. The van der Waals surface area contributed by atoms with E-state index in [-0.39, 0.29) is 41.7 Å². The molecule has 0 saturated carbocycles. The van der Waals surface area contributed by atoms with Crippen LogP contribution in [-0.4, -0.2) is 55.4 Å². The summed E-state index contributed by atoms with van der Waals surface area (Å²) in [7, 11) is -2.40. The van der Waals surface area contributed by atoms with Crippen LogP contribution < -0.4 is 16.4 Å². The van der Waals surface area contributed by atoms with E-state index >= 15 is 4.39 Å². The highest BCUT2D eigenvalue weighted by molar-refractivity contribution is 7.92. The molecule has 1 amide bonds. The lowest BCUT2D eigenvalue weighted by Gasteiger charge is -2.25. The Balaban J connectivity index is 0.00000507. The Hall–Kier alpha value is -2.90. The first-order chi connectivity index (χ1) is 17.4. The molecule has 1 aromatic heterocycles. The zero-order valence-electron chi connectivity index (χ0n) is 21.1. The number of nitrogens with one attached hydrogen (secondary N) is 2. The molecule has 2 aromatic carbocycles. The fraction of sp³-hybridized carbons (Fsp3) is 0.360. The maximum atomic E-state index is 15.1. The van der Waals surface area contributed by atoms with E-state index < -0.39 is 37.7 Å². The summed E-state index contributed by atoms with van der Waals surface area (Å²) < 4.78 is 58.1. The molecule has 1 heterocycles. The molecule has 0 fully saturated rings. The number of hydroxylamine groups is 1. The van der Waals surface area contributed by atoms with Crippen molar-refractivity contribution in [2.45, 2.75) is 31.2 Å². The van der Waals surface area contributed by atoms with Gasteiger partial charge in [0.15, 0.2) is 14.6 Å². The monoisotopic (exact) mass is 573 g/mol. The van der Waals surface area contributed by atoms with Gasteiger partial charge in [0.05, 0.1) is 12.0 Å². The molecule has 0 spiro atoms. The van der Waals surface area contributed by atoms with Gasteiger partial charge < -0.3 is 14.6 Å². The number of pyridine rings is 1. The van der Waals surface area contributed by atoms with E-state index in [4.69, 9.17) is 9.94 Å². The Bertz CT molecular complexity index is 1480. The Morgan fingerprint density at radius 3 is 2.45 bits per heavy atom. The SMILES string of the molecule is COCCNCc1ccc(-c2ccc3c(=O)n(CCC(C)(C(=O)NO)S(C)(=O)=O)cc(F)c3c2)c(F)c1.Cl. The van der Waals surface area contributed by atoms with E-state index in [0.29, 0.717) is 25.3 Å². The number of aromatic nitrogens is 1. The second-order valence-electron chi connectivity index (χ2n) is 8.91. The van der Waals surface area contributed by atoms with Gasteiger partial charge in [-0.1, -0.05) is 18.2 Å². The number of methoxy groups -OCH3 is 1. The van der Waals surface area contributed by atoms with Gasteiger partial charge in [0.2, 0.25) is 0 Å². The van der Waals surface area contributed by atoms with Crippen molar-refractivity contribution < 1.29 is 31.9 Å². The van der Waals surface area contributed by atoms with Crippen LogP contribution in [0.25, 0.3) is 21.9 Å². The predicted octanol–water partition coefficient (Wildman–Crippen LogP) is 2.80. The van der Waals surface area contributed by atoms with Crippen molar-refractivity contribution >= 4 is 38.9 Å². The molecular formula is C25H30ClF2N3O6S. The number of carbonyl (C=O) groups excluding carboxylic acids is 1. The van der Waals surface area contributed by atoms with Crippen molar-refractivity contribution in [3.63, 3.8) is 0 Å². The fourth-order valence-corrected chi connectivity index (χ4v) is 4.76. The van der Waals surface area contributed by atoms with Gasteiger partial charge >= 0.3 is 0 Å². The molecule has 3 N–H and O–H groups in total. The number of nitrogens with zero attached hydrogens (tertiary/aromatic N) is 1. The third kappa shape index (κ3) is 6.56. The van der Waals surface area contributed by atoms with Gasteiger partial charge in [-0.05, 0) is 42.7 Å². The number of aryl methyl sites for hydroxylation is 1. The van der Waals surface area contributed by atoms with Crippen molar-refractivity contribution in [2.24, 2.45) is 0 Å². The van der Waals surface area contributed by atoms with E-state index in [2.05, 4.69) is 5.32 Å². The second-order valence-corrected chi connectivity index (χ2v) is 11.4. The molecule has 1 atom stereocenters. The molecule has 208 valence electrons. The van der Waals surface area contributed by atoms with Crippen LogP contribution >= 0.6 is 12.4 Å². The molecule has 9 nitrogen and oxygen atoms in total. The van der Waals surface area contributed by atoms with Crippen LogP contribution in [0.2, 0.25) is 0 Å². The second kappa shape index (κ2) is 12.8. The van der Waals surface area contributed by atoms with Crippen molar-refractivity contribution in [3.05, 3.63) is 70.1 Å². The third-order valence-electron chi connectivity index (χ3n) is 6.42. The van der Waals surface area contributed by atoms with Crippen LogP contribution in [0.1, 0.15) is 18.9 Å². The maximum absolute atomic E-state index is 15.1. The highest BCUT2D eigenvalue weighted by Gasteiger charge is 2.43. The molecular weight excluding hydrogens is 544 g/mol. The highest BCUT2D eigenvalue weighted by atomic mass is 35.5. The van der Waals surface area contributed by atoms with E-state index in [9.17, 15) is 22.4 Å². The molecule has 13 heteroatoms. The lowest BCUT2D eigenvalue weighted by Crippen LogP contribution is -2.50. The summed E-state index contributed by atoms with van der Waals surface area (Å²) >= 11 is 0. The van der Waals surface area contributed by atoms with Crippen LogP contribution in [0.3, 0.4) is 0 Å². The molecule has 0 radical (unpaired) electrons. The molecule has 0 aliphatic carbocycles. The summed E-state index contributed by atoms with van der Waals surface area (Å²) in [5.41, 5.74) is 2.06. The number of carbonyl (C=O) groups is 1. The maximum Gasteiger partial charge on any atom is 0.264 e. The normalized spacial score (nSPS) is 13.1. The lowest BCUT2D eigenvalue weighted by atomic mass is 10.00. The molecule has 1 unspecified atom stereocenters. The number of benzene rings is 2. The van der Waals surface area contributed by atoms with Crippen LogP contribution in [0.15, 0.2) is 47.4 Å². The number of amides is 1. The molecule has 38 heavy (non-hydrogen) atoms. The number of hydrogen-bond acceptors (Lipinski definition) is 7. The van der Waals surface area contributed by atoms with Crippen molar-refractivity contribution in [2.75, 3.05) is 26.5 Å². The van der Waals surface area contributed by atoms with Gasteiger partial charge in [-0.25, -0.2) is 22.7 Å². The first-order valence-electron chi connectivity index (χ1n) is 11.4. The van der Waals surface area contributed by atoms with E-state index in [1.54, 1.807) is 19.2 Å². The average molecular weight is 574 g/mol. The summed E-state index contributed by atoms with van der Waals surface area (Å²) in [4.78, 5) is 25.0. The van der Waals surface area contributed by atoms with Gasteiger partial charge in [-0.15, -0.1) is 12.4 Å². The highest BCUT2D eigenvalue weighted by Crippen LogP contribution is 2.28. The number of halogens is 3. The minimum atomic E-state index is -3.99. The molecule has 0 aliphatic heterocycles. The largest absolute Gasteiger partial charge is 0.383 e. The summed E-state index contributed by atoms with van der Waals surface area (Å²) in [5, 5.41) is 12.1. The Kier molecular flexibility index (Phi) is 10.5. The predicted molar refractivity (Wildman–Crippen MR) is 142 cm³/mol. The number of fused-ring (bicyclic) bond motifs is 1. The summed E-state index contributed by atoms with van der Waals surface area (Å²) in [6.07, 6.45) is 1.36. The molecule has 3 rings (SSSR count). The molecule has 3 aromatic rings. The Morgan fingerprint density at radius 1 is 1.13 bits per heavy atom. The minimum Gasteiger partial charge on any atom is -0.383 e. The van der Waals surface area contributed by atoms with Gasteiger partial charge in [0.1, 0.15) is 11.6 Å². The van der Waals surface area contributed by atoms with Crippen LogP contribution in [-0.2, 0) is 32.5 Å². The van der Waals surface area contributed by atoms with Crippen LogP contribution in [0.4, 0.5) is 8.78 Å². The van der Waals surface area contributed by atoms with Crippen LogP contribution in [0, 0.1) is 11.6 Å². The topological polar surface area (TPSA) is 127 Å². The third-order valence-corrected chi connectivity index (χ3v) is 8.45. The zero-order chi connectivity index (χ0) is 27.4. The summed E-state index contributed by atoms with van der Waals surface area (Å²) in [6, 6.07) is 8.98. The molecule has 0 aliphatic rings. The lowest BCUT2D eigenvalue weighted by molar-refractivity contribution is -0.131. The smallest absolute Gasteiger partial charge is 0.264 e.